The van der Waals surface area contributed by atoms with Crippen LogP contribution in [0.2, 0.25) is 0 Å². The van der Waals surface area contributed by atoms with Gasteiger partial charge in [-0.15, -0.1) is 0 Å². The molecule has 0 aliphatic carbocycles. The van der Waals surface area contributed by atoms with Crippen LogP contribution in [0, 0.1) is 0 Å². The van der Waals surface area contributed by atoms with E-state index in [1.165, 1.54) is 55.5 Å². The number of hydrogen-bond donors (Lipinski definition) is 1. The van der Waals surface area contributed by atoms with E-state index in [4.69, 9.17) is 18.9 Å². The maximum atomic E-state index is 16.4. The summed E-state index contributed by atoms with van der Waals surface area (Å²) in [6, 6.07) is 23.7. The molecular formula is C33H27F2N3O9. The van der Waals surface area contributed by atoms with Crippen LogP contribution in [-0.2, 0) is 23.7 Å². The Bertz CT molecular complexity index is 1800. The number of halogens is 2. The van der Waals surface area contributed by atoms with Crippen molar-refractivity contribution < 1.29 is 46.9 Å². The molecule has 242 valence electrons. The monoisotopic (exact) mass is 647 g/mol. The molecule has 0 radical (unpaired) electrons. The number of ether oxygens (including phenoxy) is 4. The van der Waals surface area contributed by atoms with Crippen molar-refractivity contribution in [1.82, 2.24) is 9.55 Å². The van der Waals surface area contributed by atoms with Crippen LogP contribution in [0.3, 0.4) is 0 Å². The SMILES string of the molecule is CC(=O)Nc1ccn(C2OC(C(COC(=O)c3ccccc3)OC(=O)c3ccccc3)C(OC(=O)c3ccccc3)C2(F)F)c(=O)n1. The number of alkyl halides is 2. The van der Waals surface area contributed by atoms with Gasteiger partial charge in [-0.1, -0.05) is 54.6 Å². The summed E-state index contributed by atoms with van der Waals surface area (Å²) in [5, 5.41) is 2.28. The fourth-order valence-electron chi connectivity index (χ4n) is 4.74. The Morgan fingerprint density at radius 1 is 0.851 bits per heavy atom. The molecule has 1 aromatic heterocycles. The molecule has 4 aromatic rings. The third-order valence-electron chi connectivity index (χ3n) is 6.95. The zero-order valence-electron chi connectivity index (χ0n) is 24.7. The molecular weight excluding hydrogens is 620 g/mol. The number of benzene rings is 3. The molecule has 1 aliphatic heterocycles. The Kier molecular flexibility index (Phi) is 9.80. The van der Waals surface area contributed by atoms with Crippen molar-refractivity contribution >= 4 is 29.6 Å². The average Bonchev–Trinajstić information content (AvgIpc) is 3.32. The zero-order valence-corrected chi connectivity index (χ0v) is 24.7. The minimum atomic E-state index is -4.14. The van der Waals surface area contributed by atoms with Gasteiger partial charge in [-0.25, -0.2) is 19.2 Å². The van der Waals surface area contributed by atoms with E-state index in [0.29, 0.717) is 4.57 Å². The van der Waals surface area contributed by atoms with Crippen molar-refractivity contribution in [3.8, 4) is 0 Å². The molecule has 5 rings (SSSR count). The molecule has 4 unspecified atom stereocenters. The summed E-state index contributed by atoms with van der Waals surface area (Å²) in [4.78, 5) is 66.9. The minimum absolute atomic E-state index is 0.0417. The van der Waals surface area contributed by atoms with Crippen molar-refractivity contribution in [2.24, 2.45) is 0 Å². The number of aromatic nitrogens is 2. The van der Waals surface area contributed by atoms with E-state index in [2.05, 4.69) is 10.3 Å². The van der Waals surface area contributed by atoms with Gasteiger partial charge >= 0.3 is 29.5 Å². The highest BCUT2D eigenvalue weighted by atomic mass is 19.3. The highest BCUT2D eigenvalue weighted by Crippen LogP contribution is 2.46. The molecule has 3 aromatic carbocycles. The first-order chi connectivity index (χ1) is 22.5. The van der Waals surface area contributed by atoms with Gasteiger partial charge in [0.2, 0.25) is 12.1 Å². The second-order valence-electron chi connectivity index (χ2n) is 10.3. The maximum absolute atomic E-state index is 16.4. The first-order valence-electron chi connectivity index (χ1n) is 14.2. The Morgan fingerprint density at radius 2 is 1.38 bits per heavy atom. The Morgan fingerprint density at radius 3 is 1.91 bits per heavy atom. The first-order valence-corrected chi connectivity index (χ1v) is 14.2. The van der Waals surface area contributed by atoms with Crippen molar-refractivity contribution in [1.29, 1.82) is 0 Å². The van der Waals surface area contributed by atoms with Crippen molar-refractivity contribution in [3.05, 3.63) is 130 Å². The van der Waals surface area contributed by atoms with Gasteiger partial charge in [0.05, 0.1) is 16.7 Å². The van der Waals surface area contributed by atoms with Crippen molar-refractivity contribution in [2.45, 2.75) is 37.4 Å². The standard InChI is InChI=1S/C33H27F2N3O9/c1-20(39)36-25-17-18-38(32(43)37-25)31-33(34,35)27(47-30(42)23-15-9-4-10-16-23)26(46-31)24(45-29(41)22-13-7-3-8-14-22)19-44-28(40)21-11-5-2-6-12-21/h2-18,24,26-27,31H,19H2,1H3,(H,36,37,39,43). The minimum Gasteiger partial charge on any atom is -0.458 e. The van der Waals surface area contributed by atoms with Crippen molar-refractivity contribution in [3.63, 3.8) is 0 Å². The van der Waals surface area contributed by atoms with Crippen LogP contribution in [0.5, 0.6) is 0 Å². The van der Waals surface area contributed by atoms with E-state index in [1.54, 1.807) is 42.5 Å². The lowest BCUT2D eigenvalue weighted by atomic mass is 10.0. The van der Waals surface area contributed by atoms with Crippen molar-refractivity contribution in [2.75, 3.05) is 11.9 Å². The number of amides is 1. The largest absolute Gasteiger partial charge is 0.458 e. The van der Waals surface area contributed by atoms with E-state index in [0.717, 1.165) is 12.3 Å². The molecule has 1 fully saturated rings. The quantitative estimate of drug-likeness (QED) is 0.197. The Hall–Kier alpha value is -5.76. The fourth-order valence-corrected chi connectivity index (χ4v) is 4.74. The van der Waals surface area contributed by atoms with Crippen LogP contribution in [0.1, 0.15) is 44.2 Å². The summed E-state index contributed by atoms with van der Waals surface area (Å²) >= 11 is 0. The molecule has 1 aliphatic rings. The Labute approximate surface area is 265 Å². The second kappa shape index (κ2) is 14.1. The summed E-state index contributed by atoms with van der Waals surface area (Å²) in [6.07, 6.45) is -7.73. The van der Waals surface area contributed by atoms with Crippen LogP contribution >= 0.6 is 0 Å². The fraction of sp³-hybridized carbons (Fsp3) is 0.212. The molecule has 12 nitrogen and oxygen atoms in total. The normalized spacial score (nSPS) is 18.8. The van der Waals surface area contributed by atoms with E-state index < -0.39 is 66.6 Å². The number of anilines is 1. The van der Waals surface area contributed by atoms with Crippen LogP contribution in [0.15, 0.2) is 108 Å². The summed E-state index contributed by atoms with van der Waals surface area (Å²) in [5.74, 6) is -7.90. The van der Waals surface area contributed by atoms with Crippen LogP contribution in [0.25, 0.3) is 0 Å². The van der Waals surface area contributed by atoms with E-state index >= 15 is 8.78 Å². The van der Waals surface area contributed by atoms with Gasteiger partial charge < -0.3 is 24.3 Å². The molecule has 0 spiro atoms. The van der Waals surface area contributed by atoms with Gasteiger partial charge in [0.15, 0.2) is 12.2 Å². The molecule has 14 heteroatoms. The summed E-state index contributed by atoms with van der Waals surface area (Å²) in [6.45, 7) is 0.368. The average molecular weight is 648 g/mol. The molecule has 0 bridgehead atoms. The zero-order chi connectivity index (χ0) is 33.6. The maximum Gasteiger partial charge on any atom is 0.351 e. The topological polar surface area (TPSA) is 152 Å². The van der Waals surface area contributed by atoms with Gasteiger partial charge in [0.1, 0.15) is 18.5 Å². The van der Waals surface area contributed by atoms with Gasteiger partial charge in [-0.2, -0.15) is 13.8 Å². The number of carbonyl (C=O) groups is 4. The first kappa shape index (κ1) is 32.6. The molecule has 1 saturated heterocycles. The predicted octanol–water partition coefficient (Wildman–Crippen LogP) is 4.04. The summed E-state index contributed by atoms with van der Waals surface area (Å²) in [7, 11) is 0. The number of hydrogen-bond acceptors (Lipinski definition) is 10. The molecule has 1 amide bonds. The number of rotatable bonds is 10. The number of nitrogens with zero attached hydrogens (tertiary/aromatic N) is 2. The van der Waals surface area contributed by atoms with E-state index in [9.17, 15) is 24.0 Å². The Balaban J connectivity index is 1.53. The molecule has 4 atom stereocenters. The highest BCUT2D eigenvalue weighted by molar-refractivity contribution is 5.91. The number of nitrogens with one attached hydrogen (secondary N) is 1. The lowest BCUT2D eigenvalue weighted by Crippen LogP contribution is -2.49. The van der Waals surface area contributed by atoms with Gasteiger partial charge in [-0.3, -0.25) is 9.36 Å². The van der Waals surface area contributed by atoms with Crippen LogP contribution in [-0.4, -0.2) is 64.2 Å². The summed E-state index contributed by atoms with van der Waals surface area (Å²) < 4.78 is 55.1. The molecule has 0 saturated carbocycles. The molecule has 47 heavy (non-hydrogen) atoms. The second-order valence-corrected chi connectivity index (χ2v) is 10.3. The molecule has 2 heterocycles. The third-order valence-corrected chi connectivity index (χ3v) is 6.95. The number of esters is 3. The highest BCUT2D eigenvalue weighted by Gasteiger charge is 2.65. The third kappa shape index (κ3) is 7.56. The van der Waals surface area contributed by atoms with Crippen LogP contribution in [0.4, 0.5) is 14.6 Å². The smallest absolute Gasteiger partial charge is 0.351 e. The van der Waals surface area contributed by atoms with Crippen LogP contribution < -0.4 is 11.0 Å². The van der Waals surface area contributed by atoms with E-state index in [-0.39, 0.29) is 22.5 Å². The molecule has 1 N–H and O–H groups in total. The lowest BCUT2D eigenvalue weighted by molar-refractivity contribution is -0.143. The lowest BCUT2D eigenvalue weighted by Gasteiger charge is -2.28. The summed E-state index contributed by atoms with van der Waals surface area (Å²) in [5.41, 5.74) is -1.14. The van der Waals surface area contributed by atoms with E-state index in [1.807, 2.05) is 0 Å². The predicted molar refractivity (Wildman–Crippen MR) is 160 cm³/mol. The van der Waals surface area contributed by atoms with Gasteiger partial charge in [-0.05, 0) is 42.5 Å². The van der Waals surface area contributed by atoms with Gasteiger partial charge in [0.25, 0.3) is 0 Å². The van der Waals surface area contributed by atoms with Gasteiger partial charge in [0, 0.05) is 13.1 Å². The number of carbonyl (C=O) groups excluding carboxylic acids is 4.